The van der Waals surface area contributed by atoms with E-state index in [2.05, 4.69) is 19.9 Å². The van der Waals surface area contributed by atoms with Crippen molar-refractivity contribution in [2.45, 2.75) is 45.3 Å². The minimum atomic E-state index is -0.516. The Hall–Kier alpha value is -2.15. The van der Waals surface area contributed by atoms with E-state index in [4.69, 9.17) is 16.3 Å². The van der Waals surface area contributed by atoms with Crippen molar-refractivity contribution in [2.24, 2.45) is 0 Å². The number of aromatic amines is 1. The number of carbonyl (C=O) groups excluding carboxylic acids is 1. The van der Waals surface area contributed by atoms with Crippen molar-refractivity contribution >= 4 is 17.7 Å². The molecule has 1 atom stereocenters. The molecule has 0 saturated carbocycles. The van der Waals surface area contributed by atoms with E-state index in [-0.39, 0.29) is 12.1 Å². The van der Waals surface area contributed by atoms with Crippen molar-refractivity contribution in [3.05, 3.63) is 29.6 Å². The largest absolute Gasteiger partial charge is 0.444 e. The highest BCUT2D eigenvalue weighted by Crippen LogP contribution is 2.32. The summed E-state index contributed by atoms with van der Waals surface area (Å²) in [6.07, 6.45) is 6.21. The summed E-state index contributed by atoms with van der Waals surface area (Å²) in [5, 5.41) is 0.338. The lowest BCUT2D eigenvalue weighted by Gasteiger charge is -2.27. The Labute approximate surface area is 145 Å². The molecule has 3 rings (SSSR count). The Morgan fingerprint density at radius 3 is 2.75 bits per heavy atom. The molecule has 3 heterocycles. The number of halogens is 1. The Balaban J connectivity index is 1.78. The maximum atomic E-state index is 12.4. The molecule has 0 radical (unpaired) electrons. The van der Waals surface area contributed by atoms with Crippen LogP contribution < -0.4 is 0 Å². The highest BCUT2D eigenvalue weighted by Gasteiger charge is 2.34. The molecule has 0 unspecified atom stereocenters. The van der Waals surface area contributed by atoms with Gasteiger partial charge in [0.25, 0.3) is 0 Å². The molecule has 0 aliphatic carbocycles. The molecule has 1 fully saturated rings. The van der Waals surface area contributed by atoms with Crippen LogP contribution in [-0.4, -0.2) is 43.1 Å². The third-order valence-electron chi connectivity index (χ3n) is 3.69. The summed E-state index contributed by atoms with van der Waals surface area (Å²) in [4.78, 5) is 30.0. The van der Waals surface area contributed by atoms with E-state index in [0.29, 0.717) is 17.4 Å². The van der Waals surface area contributed by atoms with Crippen LogP contribution >= 0.6 is 11.6 Å². The van der Waals surface area contributed by atoms with Gasteiger partial charge < -0.3 is 9.72 Å². The van der Waals surface area contributed by atoms with Crippen LogP contribution in [0.4, 0.5) is 4.79 Å². The van der Waals surface area contributed by atoms with Crippen molar-refractivity contribution < 1.29 is 9.53 Å². The molecule has 8 heteroatoms. The summed E-state index contributed by atoms with van der Waals surface area (Å²) >= 11 is 5.76. The SMILES string of the molecule is CC(C)(C)OC(=O)N1CCC[C@H]1c1ncc(-c2cnc(Cl)cn2)[nH]1. The number of H-pyrrole nitrogens is 1. The molecule has 128 valence electrons. The van der Waals surface area contributed by atoms with Gasteiger partial charge in [0, 0.05) is 6.54 Å². The van der Waals surface area contributed by atoms with Gasteiger partial charge >= 0.3 is 6.09 Å². The first kappa shape index (κ1) is 16.7. The number of nitrogens with one attached hydrogen (secondary N) is 1. The third kappa shape index (κ3) is 3.67. The molecule has 1 aliphatic rings. The van der Waals surface area contributed by atoms with E-state index in [1.807, 2.05) is 20.8 Å². The highest BCUT2D eigenvalue weighted by atomic mass is 35.5. The molecule has 0 spiro atoms. The van der Waals surface area contributed by atoms with Crippen molar-refractivity contribution in [1.29, 1.82) is 0 Å². The summed E-state index contributed by atoms with van der Waals surface area (Å²) < 4.78 is 5.49. The van der Waals surface area contributed by atoms with Crippen LogP contribution in [-0.2, 0) is 4.74 Å². The fourth-order valence-corrected chi connectivity index (χ4v) is 2.78. The first-order valence-corrected chi connectivity index (χ1v) is 8.24. The van der Waals surface area contributed by atoms with Gasteiger partial charge in [-0.15, -0.1) is 0 Å². The topological polar surface area (TPSA) is 84.0 Å². The summed E-state index contributed by atoms with van der Waals surface area (Å²) in [6, 6.07) is -0.117. The van der Waals surface area contributed by atoms with Crippen molar-refractivity contribution in [1.82, 2.24) is 24.8 Å². The van der Waals surface area contributed by atoms with Gasteiger partial charge in [0.05, 0.1) is 30.3 Å². The predicted octanol–water partition coefficient (Wildman–Crippen LogP) is 3.59. The predicted molar refractivity (Wildman–Crippen MR) is 89.5 cm³/mol. The van der Waals surface area contributed by atoms with Crippen LogP contribution in [0.15, 0.2) is 18.6 Å². The average molecular weight is 350 g/mol. The monoisotopic (exact) mass is 349 g/mol. The molecule has 7 nitrogen and oxygen atoms in total. The van der Waals surface area contributed by atoms with E-state index in [9.17, 15) is 4.79 Å². The number of likely N-dealkylation sites (tertiary alicyclic amines) is 1. The van der Waals surface area contributed by atoms with Crippen LogP contribution in [0.5, 0.6) is 0 Å². The molecule has 2 aromatic rings. The minimum Gasteiger partial charge on any atom is -0.444 e. The number of rotatable bonds is 2. The third-order valence-corrected chi connectivity index (χ3v) is 3.88. The van der Waals surface area contributed by atoms with Crippen molar-refractivity contribution in [2.75, 3.05) is 6.54 Å². The smallest absolute Gasteiger partial charge is 0.410 e. The maximum Gasteiger partial charge on any atom is 0.410 e. The zero-order valence-corrected chi connectivity index (χ0v) is 14.7. The molecule has 1 aliphatic heterocycles. The normalized spacial score (nSPS) is 18.0. The Morgan fingerprint density at radius 2 is 2.08 bits per heavy atom. The van der Waals surface area contributed by atoms with Gasteiger partial charge in [-0.1, -0.05) is 11.6 Å². The molecule has 1 N–H and O–H groups in total. The summed E-state index contributed by atoms with van der Waals surface area (Å²) in [5.74, 6) is 0.727. The minimum absolute atomic E-state index is 0.117. The number of imidazole rings is 1. The maximum absolute atomic E-state index is 12.4. The molecular weight excluding hydrogens is 330 g/mol. The molecule has 1 saturated heterocycles. The van der Waals surface area contributed by atoms with Gasteiger partial charge in [0.1, 0.15) is 22.3 Å². The number of hydrogen-bond donors (Lipinski definition) is 1. The van der Waals surface area contributed by atoms with E-state index < -0.39 is 5.60 Å². The summed E-state index contributed by atoms with van der Waals surface area (Å²) in [7, 11) is 0. The fraction of sp³-hybridized carbons (Fsp3) is 0.500. The van der Waals surface area contributed by atoms with E-state index in [1.54, 1.807) is 17.3 Å². The van der Waals surface area contributed by atoms with Crippen LogP contribution in [0.25, 0.3) is 11.4 Å². The molecule has 0 bridgehead atoms. The molecular formula is C16H20ClN5O2. The fourth-order valence-electron chi connectivity index (χ4n) is 2.68. The van der Waals surface area contributed by atoms with Gasteiger partial charge in [-0.25, -0.2) is 19.7 Å². The van der Waals surface area contributed by atoms with E-state index in [0.717, 1.165) is 24.4 Å². The summed E-state index contributed by atoms with van der Waals surface area (Å²) in [6.45, 7) is 6.25. The zero-order chi connectivity index (χ0) is 17.3. The van der Waals surface area contributed by atoms with Crippen LogP contribution in [0.2, 0.25) is 5.15 Å². The number of aromatic nitrogens is 4. The van der Waals surface area contributed by atoms with Crippen LogP contribution in [0.3, 0.4) is 0 Å². The number of amides is 1. The Morgan fingerprint density at radius 1 is 1.29 bits per heavy atom. The Kier molecular flexibility index (Phi) is 4.45. The Bertz CT molecular complexity index is 723. The lowest BCUT2D eigenvalue weighted by atomic mass is 10.2. The second-order valence-electron chi connectivity index (χ2n) is 6.74. The molecule has 24 heavy (non-hydrogen) atoms. The number of carbonyl (C=O) groups is 1. The number of hydrogen-bond acceptors (Lipinski definition) is 5. The highest BCUT2D eigenvalue weighted by molar-refractivity contribution is 6.29. The van der Waals surface area contributed by atoms with E-state index in [1.165, 1.54) is 6.20 Å². The van der Waals surface area contributed by atoms with Crippen LogP contribution in [0, 0.1) is 0 Å². The first-order chi connectivity index (χ1) is 11.3. The number of ether oxygens (including phenoxy) is 1. The van der Waals surface area contributed by atoms with Gasteiger partial charge in [0.15, 0.2) is 0 Å². The standard InChI is InChI=1S/C16H20ClN5O2/c1-16(2,3)24-15(23)22-6-4-5-12(22)14-20-8-11(21-14)10-7-19-13(17)9-18-10/h7-9,12H,4-6H2,1-3H3,(H,20,21)/t12-/m0/s1. The molecule has 2 aromatic heterocycles. The molecule has 1 amide bonds. The van der Waals surface area contributed by atoms with Crippen molar-refractivity contribution in [3.8, 4) is 11.4 Å². The average Bonchev–Trinajstić information content (AvgIpc) is 3.15. The zero-order valence-electron chi connectivity index (χ0n) is 13.9. The lowest BCUT2D eigenvalue weighted by molar-refractivity contribution is 0.0219. The lowest BCUT2D eigenvalue weighted by Crippen LogP contribution is -2.36. The van der Waals surface area contributed by atoms with Gasteiger partial charge in [-0.3, -0.25) is 4.90 Å². The van der Waals surface area contributed by atoms with Crippen LogP contribution in [0.1, 0.15) is 45.5 Å². The first-order valence-electron chi connectivity index (χ1n) is 7.86. The quantitative estimate of drug-likeness (QED) is 0.895. The molecule has 0 aromatic carbocycles. The van der Waals surface area contributed by atoms with Gasteiger partial charge in [-0.2, -0.15) is 0 Å². The second-order valence-corrected chi connectivity index (χ2v) is 7.13. The van der Waals surface area contributed by atoms with Gasteiger partial charge in [-0.05, 0) is 33.6 Å². The van der Waals surface area contributed by atoms with E-state index >= 15 is 0 Å². The summed E-state index contributed by atoms with van der Waals surface area (Å²) in [5.41, 5.74) is 0.877. The van der Waals surface area contributed by atoms with Crippen molar-refractivity contribution in [3.63, 3.8) is 0 Å². The van der Waals surface area contributed by atoms with Gasteiger partial charge in [0.2, 0.25) is 0 Å². The number of nitrogens with zero attached hydrogens (tertiary/aromatic N) is 4. The second kappa shape index (κ2) is 6.39.